The van der Waals surface area contributed by atoms with E-state index in [2.05, 4.69) is 9.97 Å². The molecule has 0 fully saturated rings. The third kappa shape index (κ3) is 2.96. The standard InChI is InChI=1S/C15H16N2O2/c1-9-7-16-15(17-8-9)19-13-5-10(2)14(12(4)18)11(3)6-13/h5-8H,1-4H3. The number of hydrogen-bond donors (Lipinski definition) is 0. The van der Waals surface area contributed by atoms with Crippen molar-refractivity contribution in [1.29, 1.82) is 0 Å². The van der Waals surface area contributed by atoms with E-state index in [1.54, 1.807) is 19.3 Å². The highest BCUT2D eigenvalue weighted by molar-refractivity contribution is 5.97. The average molecular weight is 256 g/mol. The highest BCUT2D eigenvalue weighted by atomic mass is 16.5. The molecule has 0 aliphatic rings. The summed E-state index contributed by atoms with van der Waals surface area (Å²) >= 11 is 0. The molecule has 0 aliphatic carbocycles. The molecule has 1 aromatic heterocycles. The highest BCUT2D eigenvalue weighted by Gasteiger charge is 2.10. The summed E-state index contributed by atoms with van der Waals surface area (Å²) in [5, 5.41) is 0. The van der Waals surface area contributed by atoms with Gasteiger partial charge in [0.1, 0.15) is 5.75 Å². The number of carbonyl (C=O) groups excluding carboxylic acids is 1. The molecule has 0 radical (unpaired) electrons. The van der Waals surface area contributed by atoms with Crippen LogP contribution >= 0.6 is 0 Å². The van der Waals surface area contributed by atoms with E-state index in [9.17, 15) is 4.79 Å². The van der Waals surface area contributed by atoms with Crippen molar-refractivity contribution in [3.63, 3.8) is 0 Å². The molecule has 98 valence electrons. The van der Waals surface area contributed by atoms with Crippen LogP contribution < -0.4 is 4.74 Å². The molecule has 0 unspecified atom stereocenters. The second kappa shape index (κ2) is 5.18. The van der Waals surface area contributed by atoms with Crippen molar-refractivity contribution < 1.29 is 9.53 Å². The Bertz CT molecular complexity index is 596. The molecule has 4 heteroatoms. The van der Waals surface area contributed by atoms with Gasteiger partial charge >= 0.3 is 6.01 Å². The van der Waals surface area contributed by atoms with Gasteiger partial charge in [0.2, 0.25) is 0 Å². The van der Waals surface area contributed by atoms with Gasteiger partial charge in [-0.15, -0.1) is 0 Å². The third-order valence-electron chi connectivity index (χ3n) is 2.82. The molecule has 2 aromatic rings. The van der Waals surface area contributed by atoms with Crippen LogP contribution in [-0.4, -0.2) is 15.8 Å². The molecule has 1 heterocycles. The number of ketones is 1. The molecule has 0 aliphatic heterocycles. The monoisotopic (exact) mass is 256 g/mol. The predicted molar refractivity (Wildman–Crippen MR) is 72.8 cm³/mol. The van der Waals surface area contributed by atoms with Crippen LogP contribution in [0.3, 0.4) is 0 Å². The van der Waals surface area contributed by atoms with E-state index in [0.717, 1.165) is 22.3 Å². The second-order valence-corrected chi connectivity index (χ2v) is 4.63. The maximum Gasteiger partial charge on any atom is 0.321 e. The van der Waals surface area contributed by atoms with Gasteiger partial charge in [0.15, 0.2) is 5.78 Å². The van der Waals surface area contributed by atoms with Gasteiger partial charge in [0, 0.05) is 18.0 Å². The van der Waals surface area contributed by atoms with Gasteiger partial charge in [-0.1, -0.05) is 0 Å². The smallest absolute Gasteiger partial charge is 0.321 e. The summed E-state index contributed by atoms with van der Waals surface area (Å²) in [5.41, 5.74) is 3.52. The fraction of sp³-hybridized carbons (Fsp3) is 0.267. The number of rotatable bonds is 3. The molecule has 0 spiro atoms. The van der Waals surface area contributed by atoms with Crippen LogP contribution in [0, 0.1) is 20.8 Å². The van der Waals surface area contributed by atoms with Crippen molar-refractivity contribution in [2.75, 3.05) is 0 Å². The number of Topliss-reactive ketones (excluding diaryl/α,β-unsaturated/α-hetero) is 1. The lowest BCUT2D eigenvalue weighted by molar-refractivity contribution is 0.101. The van der Waals surface area contributed by atoms with Crippen LogP contribution in [0.25, 0.3) is 0 Å². The molecule has 19 heavy (non-hydrogen) atoms. The van der Waals surface area contributed by atoms with Crippen molar-refractivity contribution in [3.05, 3.63) is 46.8 Å². The van der Waals surface area contributed by atoms with E-state index in [-0.39, 0.29) is 5.78 Å². The molecular formula is C15H16N2O2. The number of carbonyl (C=O) groups is 1. The molecule has 1 aromatic carbocycles. The number of aryl methyl sites for hydroxylation is 3. The quantitative estimate of drug-likeness (QED) is 0.790. The van der Waals surface area contributed by atoms with Crippen molar-refractivity contribution in [2.45, 2.75) is 27.7 Å². The summed E-state index contributed by atoms with van der Waals surface area (Å²) in [6.07, 6.45) is 3.40. The molecule has 0 amide bonds. The lowest BCUT2D eigenvalue weighted by Gasteiger charge is -2.10. The van der Waals surface area contributed by atoms with E-state index in [1.807, 2.05) is 32.9 Å². The van der Waals surface area contributed by atoms with E-state index in [0.29, 0.717) is 11.8 Å². The Kier molecular flexibility index (Phi) is 3.60. The van der Waals surface area contributed by atoms with E-state index < -0.39 is 0 Å². The Morgan fingerprint density at radius 3 is 2.05 bits per heavy atom. The number of ether oxygens (including phenoxy) is 1. The lowest BCUT2D eigenvalue weighted by atomic mass is 9.99. The summed E-state index contributed by atoms with van der Waals surface area (Å²) in [6.45, 7) is 7.28. The van der Waals surface area contributed by atoms with Gasteiger partial charge in [0.25, 0.3) is 0 Å². The largest absolute Gasteiger partial charge is 0.424 e. The number of hydrogen-bond acceptors (Lipinski definition) is 4. The predicted octanol–water partition coefficient (Wildman–Crippen LogP) is 3.40. The first-order valence-electron chi connectivity index (χ1n) is 6.06. The maximum absolute atomic E-state index is 11.5. The van der Waals surface area contributed by atoms with Gasteiger partial charge in [-0.3, -0.25) is 4.79 Å². The zero-order chi connectivity index (χ0) is 14.0. The minimum absolute atomic E-state index is 0.0631. The molecule has 0 atom stereocenters. The fourth-order valence-electron chi connectivity index (χ4n) is 2.08. The Balaban J connectivity index is 2.32. The van der Waals surface area contributed by atoms with Crippen LogP contribution in [0.2, 0.25) is 0 Å². The van der Waals surface area contributed by atoms with E-state index >= 15 is 0 Å². The summed E-state index contributed by atoms with van der Waals surface area (Å²) in [6, 6.07) is 3.96. The highest BCUT2D eigenvalue weighted by Crippen LogP contribution is 2.25. The van der Waals surface area contributed by atoms with Gasteiger partial charge in [-0.25, -0.2) is 9.97 Å². The maximum atomic E-state index is 11.5. The molecule has 2 rings (SSSR count). The summed E-state index contributed by atoms with van der Waals surface area (Å²) in [5.74, 6) is 0.706. The van der Waals surface area contributed by atoms with E-state index in [1.165, 1.54) is 0 Å². The third-order valence-corrected chi connectivity index (χ3v) is 2.82. The Labute approximate surface area is 112 Å². The van der Waals surface area contributed by atoms with Crippen LogP contribution in [0.15, 0.2) is 24.5 Å². The van der Waals surface area contributed by atoms with Crippen molar-refractivity contribution >= 4 is 5.78 Å². The fourth-order valence-corrected chi connectivity index (χ4v) is 2.08. The summed E-state index contributed by atoms with van der Waals surface area (Å²) < 4.78 is 5.60. The first-order valence-corrected chi connectivity index (χ1v) is 6.06. The number of nitrogens with zero attached hydrogens (tertiary/aromatic N) is 2. The van der Waals surface area contributed by atoms with Crippen LogP contribution in [0.5, 0.6) is 11.8 Å². The normalized spacial score (nSPS) is 10.3. The van der Waals surface area contributed by atoms with Crippen molar-refractivity contribution in [1.82, 2.24) is 9.97 Å². The minimum Gasteiger partial charge on any atom is -0.424 e. The topological polar surface area (TPSA) is 52.1 Å². The Morgan fingerprint density at radius 2 is 1.58 bits per heavy atom. The molecule has 0 saturated carbocycles. The van der Waals surface area contributed by atoms with E-state index in [4.69, 9.17) is 4.74 Å². The van der Waals surface area contributed by atoms with Gasteiger partial charge in [0.05, 0.1) is 0 Å². The molecule has 0 N–H and O–H groups in total. The zero-order valence-corrected chi connectivity index (χ0v) is 11.5. The average Bonchev–Trinajstić information content (AvgIpc) is 2.30. The minimum atomic E-state index is 0.0631. The second-order valence-electron chi connectivity index (χ2n) is 4.63. The molecule has 0 saturated heterocycles. The SMILES string of the molecule is CC(=O)c1c(C)cc(Oc2ncc(C)cn2)cc1C. The Morgan fingerprint density at radius 1 is 1.05 bits per heavy atom. The molecule has 0 bridgehead atoms. The van der Waals surface area contributed by atoms with Crippen LogP contribution in [0.4, 0.5) is 0 Å². The lowest BCUT2D eigenvalue weighted by Crippen LogP contribution is -2.01. The van der Waals surface area contributed by atoms with Crippen molar-refractivity contribution in [2.24, 2.45) is 0 Å². The van der Waals surface area contributed by atoms with Gasteiger partial charge in [-0.2, -0.15) is 0 Å². The molecular weight excluding hydrogens is 240 g/mol. The number of aromatic nitrogens is 2. The van der Waals surface area contributed by atoms with Crippen LogP contribution in [-0.2, 0) is 0 Å². The molecule has 4 nitrogen and oxygen atoms in total. The number of benzene rings is 1. The first kappa shape index (κ1) is 13.2. The summed E-state index contributed by atoms with van der Waals surface area (Å²) in [4.78, 5) is 19.7. The summed E-state index contributed by atoms with van der Waals surface area (Å²) in [7, 11) is 0. The van der Waals surface area contributed by atoms with Gasteiger partial charge < -0.3 is 4.74 Å². The van der Waals surface area contributed by atoms with Gasteiger partial charge in [-0.05, 0) is 56.5 Å². The zero-order valence-electron chi connectivity index (χ0n) is 11.5. The first-order chi connectivity index (χ1) is 8.97. The van der Waals surface area contributed by atoms with Crippen molar-refractivity contribution in [3.8, 4) is 11.8 Å². The van der Waals surface area contributed by atoms with Crippen LogP contribution in [0.1, 0.15) is 34.0 Å². The Hall–Kier alpha value is -2.23.